The molecular formula is C16H15IO2S. The lowest BCUT2D eigenvalue weighted by Gasteiger charge is -2.09. The van der Waals surface area contributed by atoms with E-state index >= 15 is 0 Å². The van der Waals surface area contributed by atoms with Crippen molar-refractivity contribution in [1.82, 2.24) is 0 Å². The summed E-state index contributed by atoms with van der Waals surface area (Å²) in [5, 5.41) is 0. The van der Waals surface area contributed by atoms with Crippen LogP contribution >= 0.6 is 34.4 Å². The van der Waals surface area contributed by atoms with Crippen LogP contribution in [0, 0.1) is 3.57 Å². The van der Waals surface area contributed by atoms with E-state index in [0.717, 1.165) is 12.0 Å². The lowest BCUT2D eigenvalue weighted by atomic mass is 10.1. The number of aryl methyl sites for hydroxylation is 1. The summed E-state index contributed by atoms with van der Waals surface area (Å²) in [5.41, 5.74) is 1.77. The van der Waals surface area contributed by atoms with E-state index in [1.807, 2.05) is 18.2 Å². The van der Waals surface area contributed by atoms with E-state index in [1.54, 1.807) is 11.8 Å². The number of rotatable bonds is 4. The highest BCUT2D eigenvalue weighted by Crippen LogP contribution is 2.31. The summed E-state index contributed by atoms with van der Waals surface area (Å²) >= 11 is 4.02. The molecule has 0 saturated carbocycles. The zero-order valence-electron chi connectivity index (χ0n) is 11.4. The molecule has 0 amide bonds. The largest absolute Gasteiger partial charge is 0.465 e. The summed E-state index contributed by atoms with van der Waals surface area (Å²) in [6, 6.07) is 14.1. The van der Waals surface area contributed by atoms with Crippen LogP contribution in [0.3, 0.4) is 0 Å². The van der Waals surface area contributed by atoms with Gasteiger partial charge in [0.1, 0.15) is 0 Å². The van der Waals surface area contributed by atoms with Gasteiger partial charge in [-0.3, -0.25) is 0 Å². The molecule has 0 unspecified atom stereocenters. The molecule has 0 aliphatic heterocycles. The lowest BCUT2D eigenvalue weighted by molar-refractivity contribution is 0.0600. The van der Waals surface area contributed by atoms with Crippen LogP contribution in [0.15, 0.2) is 52.3 Å². The van der Waals surface area contributed by atoms with E-state index in [9.17, 15) is 4.79 Å². The van der Waals surface area contributed by atoms with Crippen LogP contribution in [0.1, 0.15) is 22.8 Å². The molecule has 2 rings (SSSR count). The second-order valence-electron chi connectivity index (χ2n) is 4.22. The second-order valence-corrected chi connectivity index (χ2v) is 6.58. The standard InChI is InChI=1S/C16H15IO2S/c1-3-11-10-12(16(18)19-2)4-9-15(11)20-14-7-5-13(17)6-8-14/h4-10H,3H2,1-2H3. The molecule has 0 aliphatic rings. The molecule has 0 bridgehead atoms. The molecular weight excluding hydrogens is 383 g/mol. The predicted octanol–water partition coefficient (Wildman–Crippen LogP) is 4.79. The average molecular weight is 398 g/mol. The number of carbonyl (C=O) groups is 1. The summed E-state index contributed by atoms with van der Waals surface area (Å²) in [5.74, 6) is -0.287. The van der Waals surface area contributed by atoms with Gasteiger partial charge in [0, 0.05) is 13.4 Å². The second kappa shape index (κ2) is 7.13. The number of benzene rings is 2. The van der Waals surface area contributed by atoms with Gasteiger partial charge in [0.15, 0.2) is 0 Å². The minimum Gasteiger partial charge on any atom is -0.465 e. The zero-order valence-corrected chi connectivity index (χ0v) is 14.3. The molecule has 0 spiro atoms. The normalized spacial score (nSPS) is 10.3. The van der Waals surface area contributed by atoms with E-state index in [1.165, 1.54) is 20.5 Å². The van der Waals surface area contributed by atoms with E-state index in [2.05, 4.69) is 53.8 Å². The van der Waals surface area contributed by atoms with Gasteiger partial charge in [-0.15, -0.1) is 0 Å². The highest BCUT2D eigenvalue weighted by atomic mass is 127. The average Bonchev–Trinajstić information content (AvgIpc) is 2.49. The zero-order chi connectivity index (χ0) is 14.5. The van der Waals surface area contributed by atoms with Crippen molar-refractivity contribution in [2.45, 2.75) is 23.1 Å². The Kier molecular flexibility index (Phi) is 5.48. The topological polar surface area (TPSA) is 26.3 Å². The monoisotopic (exact) mass is 398 g/mol. The SMILES string of the molecule is CCc1cc(C(=O)OC)ccc1Sc1ccc(I)cc1. The molecule has 0 heterocycles. The van der Waals surface area contributed by atoms with Crippen molar-refractivity contribution in [1.29, 1.82) is 0 Å². The lowest BCUT2D eigenvalue weighted by Crippen LogP contribution is -2.02. The Bertz CT molecular complexity index is 608. The molecule has 0 aromatic heterocycles. The maximum absolute atomic E-state index is 11.6. The van der Waals surface area contributed by atoms with E-state index in [0.29, 0.717) is 5.56 Å². The van der Waals surface area contributed by atoms with Gasteiger partial charge in [0.2, 0.25) is 0 Å². The van der Waals surface area contributed by atoms with Crippen molar-refractivity contribution in [3.63, 3.8) is 0 Å². The highest BCUT2D eigenvalue weighted by Gasteiger charge is 2.10. The molecule has 0 radical (unpaired) electrons. The molecule has 2 aromatic carbocycles. The van der Waals surface area contributed by atoms with Crippen LogP contribution in [-0.4, -0.2) is 13.1 Å². The molecule has 0 fully saturated rings. The Hall–Kier alpha value is -1.01. The van der Waals surface area contributed by atoms with Gasteiger partial charge in [0.25, 0.3) is 0 Å². The van der Waals surface area contributed by atoms with Crippen LogP contribution in [-0.2, 0) is 11.2 Å². The van der Waals surface area contributed by atoms with E-state index in [4.69, 9.17) is 4.74 Å². The van der Waals surface area contributed by atoms with Gasteiger partial charge < -0.3 is 4.74 Å². The molecule has 2 aromatic rings. The van der Waals surface area contributed by atoms with Crippen molar-refractivity contribution in [3.05, 3.63) is 57.2 Å². The van der Waals surface area contributed by atoms with Crippen molar-refractivity contribution < 1.29 is 9.53 Å². The fourth-order valence-electron chi connectivity index (χ4n) is 1.83. The third-order valence-corrected chi connectivity index (χ3v) is 4.75. The van der Waals surface area contributed by atoms with Crippen molar-refractivity contribution in [3.8, 4) is 0 Å². The first kappa shape index (κ1) is 15.4. The quantitative estimate of drug-likeness (QED) is 0.547. The van der Waals surface area contributed by atoms with Crippen molar-refractivity contribution in [2.75, 3.05) is 7.11 Å². The summed E-state index contributed by atoms with van der Waals surface area (Å²) in [6.45, 7) is 2.09. The number of hydrogen-bond donors (Lipinski definition) is 0. The van der Waals surface area contributed by atoms with Crippen molar-refractivity contribution in [2.24, 2.45) is 0 Å². The fourth-order valence-corrected chi connectivity index (χ4v) is 3.19. The summed E-state index contributed by atoms with van der Waals surface area (Å²) in [4.78, 5) is 13.9. The molecule has 4 heteroatoms. The number of ether oxygens (including phenoxy) is 1. The number of methoxy groups -OCH3 is 1. The predicted molar refractivity (Wildman–Crippen MR) is 90.4 cm³/mol. The summed E-state index contributed by atoms with van der Waals surface area (Å²) in [6.07, 6.45) is 0.886. The molecule has 104 valence electrons. The molecule has 0 saturated heterocycles. The van der Waals surface area contributed by atoms with Gasteiger partial charge >= 0.3 is 5.97 Å². The van der Waals surface area contributed by atoms with Crippen LogP contribution in [0.25, 0.3) is 0 Å². The third-order valence-electron chi connectivity index (χ3n) is 2.90. The van der Waals surface area contributed by atoms with Gasteiger partial charge in [-0.05, 0) is 77.0 Å². The number of halogens is 1. The highest BCUT2D eigenvalue weighted by molar-refractivity contribution is 14.1. The van der Waals surface area contributed by atoms with Gasteiger partial charge in [-0.25, -0.2) is 4.79 Å². The first-order valence-electron chi connectivity index (χ1n) is 6.28. The Morgan fingerprint density at radius 1 is 1.20 bits per heavy atom. The van der Waals surface area contributed by atoms with Gasteiger partial charge in [0.05, 0.1) is 12.7 Å². The number of esters is 1. The Morgan fingerprint density at radius 2 is 1.90 bits per heavy atom. The molecule has 0 N–H and O–H groups in total. The Balaban J connectivity index is 2.27. The molecule has 0 aliphatic carbocycles. The van der Waals surface area contributed by atoms with E-state index in [-0.39, 0.29) is 5.97 Å². The Morgan fingerprint density at radius 3 is 2.50 bits per heavy atom. The number of hydrogen-bond acceptors (Lipinski definition) is 3. The summed E-state index contributed by atoms with van der Waals surface area (Å²) < 4.78 is 5.99. The Labute approximate surface area is 137 Å². The van der Waals surface area contributed by atoms with Crippen LogP contribution in [0.2, 0.25) is 0 Å². The van der Waals surface area contributed by atoms with Crippen LogP contribution in [0.4, 0.5) is 0 Å². The van der Waals surface area contributed by atoms with Crippen LogP contribution in [0.5, 0.6) is 0 Å². The summed E-state index contributed by atoms with van der Waals surface area (Å²) in [7, 11) is 1.40. The van der Waals surface area contributed by atoms with Crippen molar-refractivity contribution >= 4 is 40.3 Å². The molecule has 0 atom stereocenters. The molecule has 20 heavy (non-hydrogen) atoms. The van der Waals surface area contributed by atoms with Gasteiger partial charge in [-0.1, -0.05) is 18.7 Å². The first-order valence-corrected chi connectivity index (χ1v) is 8.18. The first-order chi connectivity index (χ1) is 9.63. The third kappa shape index (κ3) is 3.76. The van der Waals surface area contributed by atoms with Crippen LogP contribution < -0.4 is 0 Å². The maximum atomic E-state index is 11.6. The maximum Gasteiger partial charge on any atom is 0.337 e. The minimum absolute atomic E-state index is 0.287. The van der Waals surface area contributed by atoms with Gasteiger partial charge in [-0.2, -0.15) is 0 Å². The minimum atomic E-state index is -0.287. The molecule has 2 nitrogen and oxygen atoms in total. The fraction of sp³-hybridized carbons (Fsp3) is 0.188. The van der Waals surface area contributed by atoms with E-state index < -0.39 is 0 Å². The number of carbonyl (C=O) groups excluding carboxylic acids is 1. The smallest absolute Gasteiger partial charge is 0.337 e.